The monoisotopic (exact) mass is 423 g/mol. The fourth-order valence-electron chi connectivity index (χ4n) is 1.64. The summed E-state index contributed by atoms with van der Waals surface area (Å²) >= 11 is 8.25. The molecule has 0 saturated heterocycles. The summed E-state index contributed by atoms with van der Waals surface area (Å²) in [5, 5.41) is 8.62. The van der Waals surface area contributed by atoms with Gasteiger partial charge >= 0.3 is 0 Å². The number of rotatable bonds is 3. The second-order valence-electron chi connectivity index (χ2n) is 4.01. The number of nitrogen functional groups attached to an aromatic ring is 1. The van der Waals surface area contributed by atoms with Crippen molar-refractivity contribution in [3.63, 3.8) is 0 Å². The van der Waals surface area contributed by atoms with Crippen LogP contribution in [0.3, 0.4) is 0 Å². The molecule has 0 fully saturated rings. The van der Waals surface area contributed by atoms with Crippen LogP contribution in [0.5, 0.6) is 0 Å². The molecule has 0 aliphatic heterocycles. The van der Waals surface area contributed by atoms with E-state index in [4.69, 9.17) is 22.5 Å². The molecular formula is C12H11ClIN3O2S. The largest absolute Gasteiger partial charge is 0.396 e. The lowest BCUT2D eigenvalue weighted by Crippen LogP contribution is -2.15. The molecule has 0 radical (unpaired) electrons. The van der Waals surface area contributed by atoms with Gasteiger partial charge in [0, 0.05) is 3.57 Å². The molecular weight excluding hydrogens is 413 g/mol. The summed E-state index contributed by atoms with van der Waals surface area (Å²) in [6.07, 6.45) is 0. The molecule has 0 spiro atoms. The lowest BCUT2D eigenvalue weighted by Gasteiger charge is -2.13. The van der Waals surface area contributed by atoms with E-state index in [0.29, 0.717) is 16.4 Å². The average Bonchev–Trinajstić information content (AvgIpc) is 2.33. The van der Waals surface area contributed by atoms with Crippen LogP contribution in [0.2, 0.25) is 5.02 Å². The smallest absolute Gasteiger partial charge is 0.240 e. The number of hydrogen-bond acceptors (Lipinski definition) is 4. The normalized spacial score (nSPS) is 11.3. The van der Waals surface area contributed by atoms with Gasteiger partial charge in [-0.25, -0.2) is 13.6 Å². The van der Waals surface area contributed by atoms with E-state index in [0.717, 1.165) is 3.57 Å². The van der Waals surface area contributed by atoms with Crippen LogP contribution in [-0.4, -0.2) is 8.42 Å². The summed E-state index contributed by atoms with van der Waals surface area (Å²) in [5.41, 5.74) is 6.95. The van der Waals surface area contributed by atoms with E-state index >= 15 is 0 Å². The van der Waals surface area contributed by atoms with Crippen LogP contribution in [0.15, 0.2) is 41.3 Å². The Morgan fingerprint density at radius 3 is 2.45 bits per heavy atom. The summed E-state index contributed by atoms with van der Waals surface area (Å²) < 4.78 is 23.8. The highest BCUT2D eigenvalue weighted by atomic mass is 127. The quantitative estimate of drug-likeness (QED) is 0.522. The maximum Gasteiger partial charge on any atom is 0.240 e. The zero-order valence-corrected chi connectivity index (χ0v) is 13.8. The second-order valence-corrected chi connectivity index (χ2v) is 7.19. The molecule has 0 aliphatic carbocycles. The van der Waals surface area contributed by atoms with Crippen molar-refractivity contribution in [1.82, 2.24) is 0 Å². The fourth-order valence-corrected chi connectivity index (χ4v) is 3.22. The molecule has 0 atom stereocenters. The minimum absolute atomic E-state index is 0.0598. The molecule has 0 amide bonds. The predicted octanol–water partition coefficient (Wildman–Crippen LogP) is 2.92. The Morgan fingerprint density at radius 1 is 1.15 bits per heavy atom. The molecule has 0 aromatic heterocycles. The molecule has 0 unspecified atom stereocenters. The minimum Gasteiger partial charge on any atom is -0.396 e. The lowest BCUT2D eigenvalue weighted by molar-refractivity contribution is 0.598. The zero-order valence-electron chi connectivity index (χ0n) is 10.1. The van der Waals surface area contributed by atoms with Crippen molar-refractivity contribution in [2.75, 3.05) is 11.1 Å². The Kier molecular flexibility index (Phi) is 4.43. The summed E-state index contributed by atoms with van der Waals surface area (Å²) in [6.45, 7) is 0. The maximum atomic E-state index is 11.4. The van der Waals surface area contributed by atoms with Gasteiger partial charge in [-0.15, -0.1) is 0 Å². The maximum absolute atomic E-state index is 11.4. The van der Waals surface area contributed by atoms with Gasteiger partial charge in [0.15, 0.2) is 0 Å². The standard InChI is InChI=1S/C12H11ClIN3O2S/c13-8-6-7(14)4-5-9(8)17-10-2-1-3-11(12(10)15)20(16,18)19/h1-6,17H,15H2,(H2,16,18,19). The van der Waals surface area contributed by atoms with Crippen LogP contribution >= 0.6 is 34.2 Å². The second kappa shape index (κ2) is 5.76. The van der Waals surface area contributed by atoms with Gasteiger partial charge in [-0.1, -0.05) is 17.7 Å². The molecule has 8 heteroatoms. The number of hydrogen-bond donors (Lipinski definition) is 3. The van der Waals surface area contributed by atoms with Crippen molar-refractivity contribution < 1.29 is 8.42 Å². The van der Waals surface area contributed by atoms with Gasteiger partial charge < -0.3 is 11.1 Å². The third-order valence-corrected chi connectivity index (χ3v) is 4.53. The van der Waals surface area contributed by atoms with Crippen LogP contribution in [-0.2, 0) is 10.0 Å². The van der Waals surface area contributed by atoms with Crippen molar-refractivity contribution in [2.24, 2.45) is 5.14 Å². The highest BCUT2D eigenvalue weighted by Crippen LogP contribution is 2.32. The fraction of sp³-hybridized carbons (Fsp3) is 0. The number of halogens is 2. The van der Waals surface area contributed by atoms with Crippen LogP contribution in [0, 0.1) is 3.57 Å². The summed E-state index contributed by atoms with van der Waals surface area (Å²) in [7, 11) is -3.86. The van der Waals surface area contributed by atoms with Crippen molar-refractivity contribution in [3.05, 3.63) is 45.0 Å². The Labute approximate surface area is 135 Å². The first-order chi connectivity index (χ1) is 9.29. The highest BCUT2D eigenvalue weighted by Gasteiger charge is 2.15. The van der Waals surface area contributed by atoms with Crippen LogP contribution in [0.4, 0.5) is 17.1 Å². The summed E-state index contributed by atoms with van der Waals surface area (Å²) in [4.78, 5) is -0.121. The van der Waals surface area contributed by atoms with E-state index in [1.54, 1.807) is 24.3 Å². The van der Waals surface area contributed by atoms with E-state index in [1.807, 2.05) is 6.07 Å². The number of nitrogens with two attached hydrogens (primary N) is 2. The van der Waals surface area contributed by atoms with Gasteiger partial charge in [0.2, 0.25) is 10.0 Å². The molecule has 20 heavy (non-hydrogen) atoms. The van der Waals surface area contributed by atoms with E-state index in [-0.39, 0.29) is 10.6 Å². The predicted molar refractivity (Wildman–Crippen MR) is 89.7 cm³/mol. The van der Waals surface area contributed by atoms with Crippen LogP contribution in [0.25, 0.3) is 0 Å². The number of primary sulfonamides is 1. The third kappa shape index (κ3) is 3.35. The number of para-hydroxylation sites is 1. The molecule has 106 valence electrons. The van der Waals surface area contributed by atoms with Gasteiger partial charge in [0.1, 0.15) is 4.90 Å². The van der Waals surface area contributed by atoms with E-state index in [1.165, 1.54) is 6.07 Å². The van der Waals surface area contributed by atoms with Crippen molar-refractivity contribution in [3.8, 4) is 0 Å². The van der Waals surface area contributed by atoms with E-state index in [2.05, 4.69) is 27.9 Å². The Bertz CT molecular complexity index is 765. The number of sulfonamides is 1. The molecule has 0 heterocycles. The van der Waals surface area contributed by atoms with Gasteiger partial charge in [-0.05, 0) is 52.9 Å². The summed E-state index contributed by atoms with van der Waals surface area (Å²) in [6, 6.07) is 9.99. The van der Waals surface area contributed by atoms with Crippen molar-refractivity contribution >= 4 is 61.3 Å². The van der Waals surface area contributed by atoms with Gasteiger partial charge in [0.25, 0.3) is 0 Å². The average molecular weight is 424 g/mol. The number of benzene rings is 2. The SMILES string of the molecule is Nc1c(Nc2ccc(I)cc2Cl)cccc1S(N)(=O)=O. The highest BCUT2D eigenvalue weighted by molar-refractivity contribution is 14.1. The Morgan fingerprint density at radius 2 is 1.85 bits per heavy atom. The van der Waals surface area contributed by atoms with E-state index < -0.39 is 10.0 Å². The summed E-state index contributed by atoms with van der Waals surface area (Å²) in [5.74, 6) is 0. The van der Waals surface area contributed by atoms with Crippen molar-refractivity contribution in [1.29, 1.82) is 0 Å². The van der Waals surface area contributed by atoms with Gasteiger partial charge in [-0.2, -0.15) is 0 Å². The molecule has 5 nitrogen and oxygen atoms in total. The Balaban J connectivity index is 2.45. The first kappa shape index (κ1) is 15.4. The molecule has 2 aromatic rings. The first-order valence-corrected chi connectivity index (χ1v) is 8.42. The zero-order chi connectivity index (χ0) is 14.9. The Hall–Kier alpha value is -1.03. The minimum atomic E-state index is -3.86. The van der Waals surface area contributed by atoms with Gasteiger partial charge in [0.05, 0.1) is 22.1 Å². The number of nitrogens with one attached hydrogen (secondary N) is 1. The first-order valence-electron chi connectivity index (χ1n) is 5.42. The molecule has 0 aliphatic rings. The van der Waals surface area contributed by atoms with Gasteiger partial charge in [-0.3, -0.25) is 0 Å². The lowest BCUT2D eigenvalue weighted by atomic mass is 10.2. The molecule has 0 bridgehead atoms. The molecule has 2 rings (SSSR count). The van der Waals surface area contributed by atoms with Crippen LogP contribution < -0.4 is 16.2 Å². The topological polar surface area (TPSA) is 98.2 Å². The van der Waals surface area contributed by atoms with E-state index in [9.17, 15) is 8.42 Å². The molecule has 5 N–H and O–H groups in total. The number of anilines is 3. The molecule has 2 aromatic carbocycles. The van der Waals surface area contributed by atoms with Crippen molar-refractivity contribution in [2.45, 2.75) is 4.90 Å². The third-order valence-electron chi connectivity index (χ3n) is 2.57. The molecule has 0 saturated carbocycles. The van der Waals surface area contributed by atoms with Crippen LogP contribution in [0.1, 0.15) is 0 Å².